The van der Waals surface area contributed by atoms with Gasteiger partial charge in [0, 0.05) is 54.0 Å². The van der Waals surface area contributed by atoms with E-state index in [2.05, 4.69) is 10.2 Å². The number of likely N-dealkylation sites (tertiary alicyclic amines) is 1. The summed E-state index contributed by atoms with van der Waals surface area (Å²) in [5.41, 5.74) is 1.10. The second-order valence-electron chi connectivity index (χ2n) is 16.6. The van der Waals surface area contributed by atoms with Crippen molar-refractivity contribution < 1.29 is 35.2 Å². The van der Waals surface area contributed by atoms with E-state index in [-0.39, 0.29) is 47.4 Å². The Morgan fingerprint density at radius 2 is 0.937 bits per heavy atom. The molecule has 0 atom stereocenters. The van der Waals surface area contributed by atoms with Crippen molar-refractivity contribution in [3.05, 3.63) is 132 Å². The van der Waals surface area contributed by atoms with E-state index in [0.29, 0.717) is 46.1 Å². The van der Waals surface area contributed by atoms with Crippen LogP contribution in [0.2, 0.25) is 0 Å². The van der Waals surface area contributed by atoms with Crippen molar-refractivity contribution in [2.24, 2.45) is 0 Å². The van der Waals surface area contributed by atoms with Gasteiger partial charge in [0.1, 0.15) is 11.6 Å². The minimum Gasteiger partial charge on any atom is -0.317 e. The molecule has 4 aromatic carbocycles. The van der Waals surface area contributed by atoms with Crippen LogP contribution < -0.4 is 5.32 Å². The van der Waals surface area contributed by atoms with Gasteiger partial charge in [-0.25, -0.2) is 25.6 Å². The van der Waals surface area contributed by atoms with Crippen LogP contribution in [0, 0.1) is 11.6 Å². The molecule has 0 bridgehead atoms. The van der Waals surface area contributed by atoms with Crippen LogP contribution in [0.5, 0.6) is 0 Å². The summed E-state index contributed by atoms with van der Waals surface area (Å²) in [6, 6.07) is 29.4. The van der Waals surface area contributed by atoms with E-state index in [9.17, 15) is 35.2 Å². The highest BCUT2D eigenvalue weighted by Crippen LogP contribution is 2.37. The number of benzene rings is 4. The fourth-order valence-electron chi connectivity index (χ4n) is 8.18. The molecule has 0 unspecified atom stereocenters. The van der Waals surface area contributed by atoms with Crippen LogP contribution in [0.4, 0.5) is 8.78 Å². The first-order valence-corrected chi connectivity index (χ1v) is 25.5. The number of ketones is 2. The molecule has 0 amide bonds. The third-order valence-electron chi connectivity index (χ3n) is 11.8. The first-order valence-electron chi connectivity index (χ1n) is 22.1. The first-order chi connectivity index (χ1) is 30.4. The smallest absolute Gasteiger partial charge is 0.243 e. The molecule has 4 aliphatic rings. The second kappa shape index (κ2) is 23.3. The van der Waals surface area contributed by atoms with Crippen molar-refractivity contribution in [3.8, 4) is 0 Å². The zero-order valence-corrected chi connectivity index (χ0v) is 38.1. The Kier molecular flexibility index (Phi) is 18.0. The highest BCUT2D eigenvalue weighted by Gasteiger charge is 2.44. The van der Waals surface area contributed by atoms with Crippen LogP contribution in [0.3, 0.4) is 0 Å². The van der Waals surface area contributed by atoms with E-state index in [1.165, 1.54) is 48.5 Å². The summed E-state index contributed by atoms with van der Waals surface area (Å²) in [4.78, 5) is 26.7. The quantitative estimate of drug-likeness (QED) is 0.0825. The summed E-state index contributed by atoms with van der Waals surface area (Å²) < 4.78 is 81.2. The van der Waals surface area contributed by atoms with Crippen molar-refractivity contribution in [1.29, 1.82) is 0 Å². The maximum atomic E-state index is 13.2. The topological polar surface area (TPSA) is 124 Å². The number of piperidine rings is 2. The molecule has 0 radical (unpaired) electrons. The maximum absolute atomic E-state index is 13.2. The summed E-state index contributed by atoms with van der Waals surface area (Å²) in [6.45, 7) is 4.32. The highest BCUT2D eigenvalue weighted by molar-refractivity contribution is 7.89. The zero-order valence-electron chi connectivity index (χ0n) is 35.7. The molecule has 2 saturated heterocycles. The number of halogens is 3. The number of hydrogen-bond acceptors (Lipinski definition) is 8. The monoisotopic (exact) mass is 924 g/mol. The Morgan fingerprint density at radius 1 is 0.556 bits per heavy atom. The number of nitrogens with one attached hydrogen (secondary N) is 1. The Bertz CT molecular complexity index is 2270. The van der Waals surface area contributed by atoms with E-state index in [1.807, 2.05) is 12.1 Å². The predicted molar refractivity (Wildman–Crippen MR) is 243 cm³/mol. The van der Waals surface area contributed by atoms with Crippen LogP contribution in [0.15, 0.2) is 119 Å². The largest absolute Gasteiger partial charge is 0.317 e. The van der Waals surface area contributed by atoms with Gasteiger partial charge in [-0.3, -0.25) is 9.59 Å². The summed E-state index contributed by atoms with van der Waals surface area (Å²) in [6.07, 6.45) is 9.64. The lowest BCUT2D eigenvalue weighted by atomic mass is 10.0. The van der Waals surface area contributed by atoms with Crippen LogP contribution in [0.25, 0.3) is 0 Å². The molecule has 0 spiro atoms. The van der Waals surface area contributed by atoms with Gasteiger partial charge < -0.3 is 10.2 Å². The van der Waals surface area contributed by atoms with Gasteiger partial charge in [-0.15, -0.1) is 11.6 Å². The summed E-state index contributed by atoms with van der Waals surface area (Å²) >= 11 is 5.45. The number of Topliss-reactive ketones (excluding diaryl/α,β-unsaturated/α-hetero) is 2. The fraction of sp³-hybridized carbons (Fsp3) is 0.458. The molecule has 2 aliphatic heterocycles. The van der Waals surface area contributed by atoms with Crippen molar-refractivity contribution >= 4 is 43.2 Å². The minimum atomic E-state index is -3.47. The van der Waals surface area contributed by atoms with Crippen molar-refractivity contribution in [1.82, 2.24) is 18.8 Å². The lowest BCUT2D eigenvalue weighted by Gasteiger charge is -2.38. The van der Waals surface area contributed by atoms with Crippen LogP contribution in [0.1, 0.15) is 97.8 Å². The molecule has 10 nitrogen and oxygen atoms in total. The van der Waals surface area contributed by atoms with Gasteiger partial charge in [-0.2, -0.15) is 8.61 Å². The van der Waals surface area contributed by atoms with Crippen molar-refractivity contribution in [3.63, 3.8) is 0 Å². The third-order valence-corrected chi connectivity index (χ3v) is 16.1. The zero-order chi connectivity index (χ0) is 44.8. The molecule has 2 aliphatic carbocycles. The highest BCUT2D eigenvalue weighted by atomic mass is 35.5. The third kappa shape index (κ3) is 14.1. The van der Waals surface area contributed by atoms with Gasteiger partial charge in [0.05, 0.1) is 9.79 Å². The average molecular weight is 926 g/mol. The molecule has 8 rings (SSSR count). The number of hydrogen-bond donors (Lipinski definition) is 1. The average Bonchev–Trinajstić information content (AvgIpc) is 4.26. The van der Waals surface area contributed by atoms with Gasteiger partial charge in [0.15, 0.2) is 11.6 Å². The van der Waals surface area contributed by atoms with E-state index in [1.54, 1.807) is 57.1 Å². The molecular weight excluding hydrogens is 866 g/mol. The molecule has 63 heavy (non-hydrogen) atoms. The lowest BCUT2D eigenvalue weighted by molar-refractivity contribution is 0.0964. The lowest BCUT2D eigenvalue weighted by Crippen LogP contribution is -2.48. The van der Waals surface area contributed by atoms with E-state index >= 15 is 0 Å². The van der Waals surface area contributed by atoms with E-state index in [0.717, 1.165) is 90.5 Å². The molecular formula is C48H59ClF2N4O6S2. The van der Waals surface area contributed by atoms with Crippen LogP contribution in [-0.2, 0) is 20.0 Å². The number of rotatable bonds is 17. The van der Waals surface area contributed by atoms with Crippen LogP contribution in [-0.4, -0.2) is 105 Å². The molecule has 2 heterocycles. The molecule has 4 aromatic rings. The predicted octanol–water partition coefficient (Wildman–Crippen LogP) is 8.73. The minimum absolute atomic E-state index is 0.0145. The van der Waals surface area contributed by atoms with Gasteiger partial charge in [0.2, 0.25) is 20.0 Å². The standard InChI is InChI=1S/C24H29FN2O3S.C14H20N2O2S.C10H10ClFO/c25-20-10-8-19(9-11-20)24(28)7-4-16-26-17-14-22(15-18-26)27(21-12-13-21)31(29,30)23-5-2-1-3-6-23;17-19(18,14-4-2-1-3-5-14)16(12-6-7-12)13-8-10-15-11-9-13;11-7-1-2-10(13)8-3-5-9(12)6-4-8/h1-3,5-6,8-11,21-22H,4,7,12-18H2;1-5,12-13,15H,6-11H2;3-6H,1-2,7H2. The first kappa shape index (κ1) is 48.6. The number of carbonyl (C=O) groups is 2. The maximum Gasteiger partial charge on any atom is 0.243 e. The van der Waals surface area contributed by atoms with E-state index in [4.69, 9.17) is 11.6 Å². The Hall–Kier alpha value is -3.89. The SMILES string of the molecule is O=C(CCCCl)c1ccc(F)cc1.O=C(CCCN1CCC(N(C2CC2)S(=O)(=O)c2ccccc2)CC1)c1ccc(F)cc1.O=S(=O)(c1ccccc1)N(C1CCNCC1)C1CC1. The summed E-state index contributed by atoms with van der Waals surface area (Å²) in [5, 5.41) is 3.30. The molecule has 15 heteroatoms. The van der Waals surface area contributed by atoms with Gasteiger partial charge in [-0.1, -0.05) is 36.4 Å². The van der Waals surface area contributed by atoms with Crippen LogP contribution >= 0.6 is 11.6 Å². The number of sulfonamides is 2. The number of nitrogens with zero attached hydrogens (tertiary/aromatic N) is 3. The Balaban J connectivity index is 0.000000175. The van der Waals surface area contributed by atoms with Gasteiger partial charge in [-0.05, 0) is 170 Å². The van der Waals surface area contributed by atoms with Crippen molar-refractivity contribution in [2.75, 3.05) is 38.6 Å². The Morgan fingerprint density at radius 3 is 1.33 bits per heavy atom. The van der Waals surface area contributed by atoms with Gasteiger partial charge >= 0.3 is 0 Å². The molecule has 2 saturated carbocycles. The molecule has 0 aromatic heterocycles. The number of carbonyl (C=O) groups excluding carboxylic acids is 2. The second-order valence-corrected chi connectivity index (χ2v) is 20.6. The molecule has 1 N–H and O–H groups in total. The molecule has 4 fully saturated rings. The summed E-state index contributed by atoms with van der Waals surface area (Å²) in [7, 11) is -6.81. The Labute approximate surface area is 377 Å². The fourth-order valence-corrected chi connectivity index (χ4v) is 12.2. The van der Waals surface area contributed by atoms with Gasteiger partial charge in [0.25, 0.3) is 0 Å². The summed E-state index contributed by atoms with van der Waals surface area (Å²) in [5.74, 6) is -0.139. The van der Waals surface area contributed by atoms with E-state index < -0.39 is 20.0 Å². The normalized spacial score (nSPS) is 17.7. The van der Waals surface area contributed by atoms with Crippen molar-refractivity contribution in [2.45, 2.75) is 111 Å². The number of alkyl halides is 1. The molecule has 340 valence electrons.